The third kappa shape index (κ3) is 6.28. The first kappa shape index (κ1) is 22.7. The van der Waals surface area contributed by atoms with E-state index < -0.39 is 0 Å². The lowest BCUT2D eigenvalue weighted by atomic mass is 10.1. The van der Waals surface area contributed by atoms with Crippen molar-refractivity contribution in [2.45, 2.75) is 19.0 Å². The number of nitrogens with one attached hydrogen (secondary N) is 3. The highest BCUT2D eigenvalue weighted by Gasteiger charge is 2.12. The topological polar surface area (TPSA) is 139 Å². The lowest BCUT2D eigenvalue weighted by Crippen LogP contribution is -2.17. The van der Waals surface area contributed by atoms with E-state index in [1.807, 2.05) is 0 Å². The van der Waals surface area contributed by atoms with Gasteiger partial charge >= 0.3 is 0 Å². The van der Waals surface area contributed by atoms with E-state index >= 15 is 0 Å². The zero-order valence-corrected chi connectivity index (χ0v) is 18.1. The first-order valence-corrected chi connectivity index (χ1v) is 10.4. The van der Waals surface area contributed by atoms with Crippen molar-refractivity contribution in [3.05, 3.63) is 59.9 Å². The van der Waals surface area contributed by atoms with E-state index in [-0.39, 0.29) is 29.3 Å². The molecule has 0 saturated carbocycles. The van der Waals surface area contributed by atoms with Crippen LogP contribution >= 0.6 is 11.8 Å². The number of hydrogen-bond acceptors (Lipinski definition) is 8. The van der Waals surface area contributed by atoms with Crippen molar-refractivity contribution in [1.29, 1.82) is 0 Å². The van der Waals surface area contributed by atoms with Crippen LogP contribution < -0.4 is 21.9 Å². The summed E-state index contributed by atoms with van der Waals surface area (Å²) in [7, 11) is 0. The van der Waals surface area contributed by atoms with Gasteiger partial charge in [0.1, 0.15) is 5.82 Å². The molecule has 12 heteroatoms. The summed E-state index contributed by atoms with van der Waals surface area (Å²) in [6.45, 7) is 3.15. The number of hydrogen-bond donors (Lipinski definition) is 4. The van der Waals surface area contributed by atoms with Gasteiger partial charge in [-0.25, -0.2) is 14.5 Å². The minimum atomic E-state index is -0.331. The van der Waals surface area contributed by atoms with Crippen LogP contribution in [0.3, 0.4) is 0 Å². The molecule has 3 aromatic rings. The molecule has 0 spiro atoms. The Hall–Kier alpha value is -3.93. The number of carbonyl (C=O) groups excluding carboxylic acids is 2. The highest BCUT2D eigenvalue weighted by atomic mass is 32.2. The van der Waals surface area contributed by atoms with Gasteiger partial charge in [0.15, 0.2) is 0 Å². The molecule has 3 rings (SSSR count). The van der Waals surface area contributed by atoms with Crippen LogP contribution in [0, 0.1) is 5.82 Å². The second-order valence-electron chi connectivity index (χ2n) is 6.59. The maximum Gasteiger partial charge on any atom is 0.264 e. The number of benzene rings is 2. The number of nitrogens with two attached hydrogens (primary N) is 1. The molecule has 10 nitrogen and oxygen atoms in total. The van der Waals surface area contributed by atoms with E-state index in [9.17, 15) is 14.0 Å². The van der Waals surface area contributed by atoms with Crippen LogP contribution in [0.1, 0.15) is 19.4 Å². The maximum absolute atomic E-state index is 13.0. The summed E-state index contributed by atoms with van der Waals surface area (Å²) < 4.78 is 14.2. The predicted octanol–water partition coefficient (Wildman–Crippen LogP) is 2.66. The van der Waals surface area contributed by atoms with Crippen molar-refractivity contribution in [3.63, 3.8) is 0 Å². The summed E-state index contributed by atoms with van der Waals surface area (Å²) in [6, 6.07) is 12.7. The van der Waals surface area contributed by atoms with Crippen molar-refractivity contribution >= 4 is 46.6 Å². The van der Waals surface area contributed by atoms with Crippen molar-refractivity contribution in [2.24, 2.45) is 5.10 Å². The van der Waals surface area contributed by atoms with Gasteiger partial charge in [-0.15, -0.1) is 10.2 Å². The summed E-state index contributed by atoms with van der Waals surface area (Å²) in [4.78, 5) is 23.4. The van der Waals surface area contributed by atoms with Crippen LogP contribution in [-0.4, -0.2) is 38.2 Å². The predicted molar refractivity (Wildman–Crippen MR) is 123 cm³/mol. The van der Waals surface area contributed by atoms with Gasteiger partial charge in [-0.1, -0.05) is 30.0 Å². The zero-order chi connectivity index (χ0) is 23.1. The Morgan fingerprint density at radius 1 is 1.09 bits per heavy atom. The monoisotopic (exact) mass is 456 g/mol. The lowest BCUT2D eigenvalue weighted by molar-refractivity contribution is -0.114. The normalized spacial score (nSPS) is 11.2. The number of aromatic nitrogens is 3. The molecule has 0 aliphatic rings. The SMILES string of the molecule is CC(=O)Nc1cccc(NC(=O)CSc2nnc(N/N=C(\C)c3ccc(F)cc3)n2N)c1. The molecule has 0 atom stereocenters. The number of rotatable bonds is 8. The summed E-state index contributed by atoms with van der Waals surface area (Å²) in [5.74, 6) is 5.38. The molecule has 0 aliphatic heterocycles. The van der Waals surface area contributed by atoms with Crippen LogP contribution in [0.15, 0.2) is 58.8 Å². The smallest absolute Gasteiger partial charge is 0.264 e. The number of amides is 2. The van der Waals surface area contributed by atoms with Gasteiger partial charge in [0.25, 0.3) is 5.95 Å². The Labute approximate surface area is 187 Å². The van der Waals surface area contributed by atoms with Crippen LogP contribution in [-0.2, 0) is 9.59 Å². The van der Waals surface area contributed by atoms with E-state index in [0.29, 0.717) is 22.2 Å². The Balaban J connectivity index is 1.55. The number of nitrogen functional groups attached to an aromatic ring is 1. The fourth-order valence-corrected chi connectivity index (χ4v) is 3.20. The fourth-order valence-electron chi connectivity index (χ4n) is 2.55. The zero-order valence-electron chi connectivity index (χ0n) is 17.3. The highest BCUT2D eigenvalue weighted by molar-refractivity contribution is 7.99. The summed E-state index contributed by atoms with van der Waals surface area (Å²) in [6.07, 6.45) is 0. The van der Waals surface area contributed by atoms with E-state index in [2.05, 4.69) is 31.4 Å². The first-order chi connectivity index (χ1) is 15.3. The minimum Gasteiger partial charge on any atom is -0.334 e. The lowest BCUT2D eigenvalue weighted by Gasteiger charge is -2.08. The fraction of sp³-hybridized carbons (Fsp3) is 0.150. The molecular weight excluding hydrogens is 435 g/mol. The average Bonchev–Trinajstić information content (AvgIpc) is 3.10. The van der Waals surface area contributed by atoms with Crippen LogP contribution in [0.25, 0.3) is 0 Å². The van der Waals surface area contributed by atoms with E-state index in [4.69, 9.17) is 5.84 Å². The third-order valence-electron chi connectivity index (χ3n) is 4.05. The standard InChI is InChI=1S/C20H21FN8O2S/c1-12(14-6-8-15(21)9-7-14)25-26-19-27-28-20(29(19)22)32-11-18(31)24-17-5-3-4-16(10-17)23-13(2)30/h3-10H,11,22H2,1-2H3,(H,23,30)(H,24,31)(H,26,27)/b25-12+. The summed E-state index contributed by atoms with van der Waals surface area (Å²) in [5, 5.41) is 17.7. The Morgan fingerprint density at radius 2 is 1.78 bits per heavy atom. The molecule has 0 radical (unpaired) electrons. The van der Waals surface area contributed by atoms with Crippen molar-refractivity contribution < 1.29 is 14.0 Å². The molecule has 0 saturated heterocycles. The van der Waals surface area contributed by atoms with Gasteiger partial charge in [-0.2, -0.15) is 5.10 Å². The molecule has 5 N–H and O–H groups in total. The minimum absolute atomic E-state index is 0.0393. The maximum atomic E-state index is 13.0. The molecule has 2 aromatic carbocycles. The molecule has 0 unspecified atom stereocenters. The van der Waals surface area contributed by atoms with Gasteiger partial charge in [0.05, 0.1) is 11.5 Å². The third-order valence-corrected chi connectivity index (χ3v) is 4.99. The van der Waals surface area contributed by atoms with Crippen molar-refractivity contribution in [3.8, 4) is 0 Å². The van der Waals surface area contributed by atoms with E-state index in [1.54, 1.807) is 43.3 Å². The largest absolute Gasteiger partial charge is 0.334 e. The van der Waals surface area contributed by atoms with Crippen LogP contribution in [0.2, 0.25) is 0 Å². The molecular formula is C20H21FN8O2S. The number of nitrogens with zero attached hydrogens (tertiary/aromatic N) is 4. The van der Waals surface area contributed by atoms with Gasteiger partial charge in [-0.3, -0.25) is 9.59 Å². The Kier molecular flexibility index (Phi) is 7.39. The molecule has 166 valence electrons. The number of halogens is 1. The van der Waals surface area contributed by atoms with Crippen LogP contribution in [0.5, 0.6) is 0 Å². The van der Waals surface area contributed by atoms with Gasteiger partial charge in [0.2, 0.25) is 17.0 Å². The molecule has 1 aromatic heterocycles. The number of anilines is 3. The van der Waals surface area contributed by atoms with E-state index in [0.717, 1.165) is 17.3 Å². The van der Waals surface area contributed by atoms with Crippen LogP contribution in [0.4, 0.5) is 21.7 Å². The number of hydrazone groups is 1. The number of thioether (sulfide) groups is 1. The quantitative estimate of drug-likeness (QED) is 0.177. The molecule has 32 heavy (non-hydrogen) atoms. The van der Waals surface area contributed by atoms with Gasteiger partial charge in [0, 0.05) is 18.3 Å². The molecule has 1 heterocycles. The molecule has 0 bridgehead atoms. The highest BCUT2D eigenvalue weighted by Crippen LogP contribution is 2.19. The van der Waals surface area contributed by atoms with Gasteiger partial charge in [-0.05, 0) is 42.8 Å². The molecule has 2 amide bonds. The second-order valence-corrected chi connectivity index (χ2v) is 7.53. The first-order valence-electron chi connectivity index (χ1n) is 9.39. The number of carbonyl (C=O) groups is 2. The molecule has 0 fully saturated rings. The Bertz CT molecular complexity index is 1150. The summed E-state index contributed by atoms with van der Waals surface area (Å²) >= 11 is 1.09. The average molecular weight is 457 g/mol. The summed E-state index contributed by atoms with van der Waals surface area (Å²) in [5.41, 5.74) is 5.16. The van der Waals surface area contributed by atoms with Crippen molar-refractivity contribution in [2.75, 3.05) is 27.7 Å². The Morgan fingerprint density at radius 3 is 2.47 bits per heavy atom. The van der Waals surface area contributed by atoms with E-state index in [1.165, 1.54) is 23.7 Å². The molecule has 0 aliphatic carbocycles. The van der Waals surface area contributed by atoms with Gasteiger partial charge < -0.3 is 16.5 Å². The van der Waals surface area contributed by atoms with Crippen molar-refractivity contribution in [1.82, 2.24) is 14.9 Å². The second kappa shape index (κ2) is 10.4.